The molecule has 0 saturated carbocycles. The molecule has 168 valence electrons. The number of hydrogen-bond donors (Lipinski definition) is 1. The third-order valence-corrected chi connectivity index (χ3v) is 5.92. The van der Waals surface area contributed by atoms with Crippen LogP contribution in [-0.4, -0.2) is 40.8 Å². The highest BCUT2D eigenvalue weighted by Crippen LogP contribution is 2.34. The number of rotatable bonds is 4. The molecule has 5 rings (SSSR count). The summed E-state index contributed by atoms with van der Waals surface area (Å²) in [6, 6.07) is 10.5. The maximum Gasteiger partial charge on any atom is 0.451 e. The van der Waals surface area contributed by atoms with Gasteiger partial charge in [0.05, 0.1) is 5.52 Å². The molecule has 2 aromatic carbocycles. The van der Waals surface area contributed by atoms with Gasteiger partial charge in [0.2, 0.25) is 12.6 Å². The molecule has 3 heterocycles. The van der Waals surface area contributed by atoms with Gasteiger partial charge in [0.1, 0.15) is 5.82 Å². The largest absolute Gasteiger partial charge is 0.454 e. The minimum absolute atomic E-state index is 0.00108. The number of alkyl halides is 3. The smallest absolute Gasteiger partial charge is 0.451 e. The Kier molecular flexibility index (Phi) is 5.46. The van der Waals surface area contributed by atoms with Crippen molar-refractivity contribution in [3.05, 3.63) is 52.8 Å². The van der Waals surface area contributed by atoms with Crippen molar-refractivity contribution in [3.8, 4) is 11.5 Å². The van der Waals surface area contributed by atoms with Crippen LogP contribution in [0.5, 0.6) is 11.5 Å². The zero-order chi connectivity index (χ0) is 22.3. The van der Waals surface area contributed by atoms with E-state index in [2.05, 4.69) is 20.2 Å². The lowest BCUT2D eigenvalue weighted by molar-refractivity contribution is -0.144. The predicted molar refractivity (Wildman–Crippen MR) is 114 cm³/mol. The normalized spacial score (nSPS) is 17.1. The number of anilines is 1. The maximum atomic E-state index is 13.3. The van der Waals surface area contributed by atoms with Gasteiger partial charge in [-0.2, -0.15) is 13.2 Å². The highest BCUT2D eigenvalue weighted by Gasteiger charge is 2.36. The van der Waals surface area contributed by atoms with Crippen LogP contribution in [0.25, 0.3) is 10.9 Å². The van der Waals surface area contributed by atoms with E-state index in [1.54, 1.807) is 6.07 Å². The second-order valence-corrected chi connectivity index (χ2v) is 8.37. The van der Waals surface area contributed by atoms with Gasteiger partial charge in [0.25, 0.3) is 0 Å². The van der Waals surface area contributed by atoms with Gasteiger partial charge >= 0.3 is 6.18 Å². The van der Waals surface area contributed by atoms with Gasteiger partial charge in [-0.15, -0.1) is 0 Å². The number of fused-ring (bicyclic) bond motifs is 2. The molecular formula is C22H20ClF3N4O2. The first-order chi connectivity index (χ1) is 15.3. The van der Waals surface area contributed by atoms with E-state index in [0.29, 0.717) is 10.4 Å². The topological polar surface area (TPSA) is 59.5 Å². The van der Waals surface area contributed by atoms with E-state index in [9.17, 15) is 13.2 Å². The molecule has 1 N–H and O–H groups in total. The fourth-order valence-corrected chi connectivity index (χ4v) is 4.24. The third kappa shape index (κ3) is 4.40. The van der Waals surface area contributed by atoms with E-state index < -0.39 is 12.0 Å². The lowest BCUT2D eigenvalue weighted by Crippen LogP contribution is -2.39. The van der Waals surface area contributed by atoms with Gasteiger partial charge in [0.15, 0.2) is 11.5 Å². The molecule has 32 heavy (non-hydrogen) atoms. The van der Waals surface area contributed by atoms with Gasteiger partial charge in [-0.3, -0.25) is 4.90 Å². The zero-order valence-corrected chi connectivity index (χ0v) is 17.7. The number of benzene rings is 2. The first-order valence-electron chi connectivity index (χ1n) is 10.3. The van der Waals surface area contributed by atoms with E-state index in [-0.39, 0.29) is 24.2 Å². The molecular weight excluding hydrogens is 445 g/mol. The van der Waals surface area contributed by atoms with Crippen LogP contribution in [-0.2, 0) is 12.7 Å². The van der Waals surface area contributed by atoms with Gasteiger partial charge in [-0.05, 0) is 48.7 Å². The number of nitrogens with zero attached hydrogens (tertiary/aromatic N) is 3. The standard InChI is InChI=1S/C22H20ClF3N4O2/c23-14-2-3-17-16(10-14)20(29-21(28-17)22(24,25)26)27-15-5-7-30(8-6-15)11-13-1-4-18-19(9-13)32-12-31-18/h1-4,9-10,15H,5-8,11-12H2,(H,27,28,29). The second-order valence-electron chi connectivity index (χ2n) is 7.94. The molecule has 0 spiro atoms. The SMILES string of the molecule is FC(F)(F)c1nc(NC2CCN(Cc3ccc4c(c3)OCO4)CC2)c2cc(Cl)ccc2n1. The van der Waals surface area contributed by atoms with Crippen molar-refractivity contribution in [1.82, 2.24) is 14.9 Å². The third-order valence-electron chi connectivity index (χ3n) is 5.68. The van der Waals surface area contributed by atoms with Crippen LogP contribution in [0.4, 0.5) is 19.0 Å². The van der Waals surface area contributed by atoms with Gasteiger partial charge < -0.3 is 14.8 Å². The number of piperidine rings is 1. The molecule has 0 amide bonds. The number of halogens is 4. The molecule has 1 aromatic heterocycles. The molecule has 6 nitrogen and oxygen atoms in total. The van der Waals surface area contributed by atoms with E-state index >= 15 is 0 Å². The molecule has 0 atom stereocenters. The van der Waals surface area contributed by atoms with E-state index in [1.807, 2.05) is 18.2 Å². The van der Waals surface area contributed by atoms with Crippen molar-refractivity contribution in [2.24, 2.45) is 0 Å². The number of ether oxygens (including phenoxy) is 2. The summed E-state index contributed by atoms with van der Waals surface area (Å²) >= 11 is 6.07. The molecule has 2 aliphatic rings. The van der Waals surface area contributed by atoms with Crippen LogP contribution >= 0.6 is 11.6 Å². The lowest BCUT2D eigenvalue weighted by atomic mass is 10.0. The summed E-state index contributed by atoms with van der Waals surface area (Å²) in [7, 11) is 0. The number of hydrogen-bond acceptors (Lipinski definition) is 6. The lowest BCUT2D eigenvalue weighted by Gasteiger charge is -2.33. The summed E-state index contributed by atoms with van der Waals surface area (Å²) in [5.74, 6) is 0.523. The van der Waals surface area contributed by atoms with E-state index in [0.717, 1.165) is 49.5 Å². The summed E-state index contributed by atoms with van der Waals surface area (Å²) in [5, 5.41) is 4.11. The molecule has 10 heteroatoms. The Balaban J connectivity index is 1.28. The minimum atomic E-state index is -4.63. The zero-order valence-electron chi connectivity index (χ0n) is 17.0. The number of nitrogens with one attached hydrogen (secondary N) is 1. The van der Waals surface area contributed by atoms with Crippen molar-refractivity contribution >= 4 is 28.3 Å². The average molecular weight is 465 g/mol. The van der Waals surface area contributed by atoms with Crippen LogP contribution in [0.3, 0.4) is 0 Å². The van der Waals surface area contributed by atoms with Crippen LogP contribution in [0.1, 0.15) is 24.2 Å². The van der Waals surface area contributed by atoms with Gasteiger partial charge in [0, 0.05) is 36.1 Å². The molecule has 0 bridgehead atoms. The Hall–Kier alpha value is -2.78. The Morgan fingerprint density at radius 1 is 1.03 bits per heavy atom. The number of aromatic nitrogens is 2. The van der Waals surface area contributed by atoms with Crippen molar-refractivity contribution in [2.75, 3.05) is 25.2 Å². The molecule has 0 unspecified atom stereocenters. The Morgan fingerprint density at radius 2 is 1.81 bits per heavy atom. The monoisotopic (exact) mass is 464 g/mol. The Morgan fingerprint density at radius 3 is 2.59 bits per heavy atom. The van der Waals surface area contributed by atoms with Crippen molar-refractivity contribution in [2.45, 2.75) is 31.6 Å². The maximum absolute atomic E-state index is 13.3. The van der Waals surface area contributed by atoms with Crippen molar-refractivity contribution in [3.63, 3.8) is 0 Å². The highest BCUT2D eigenvalue weighted by molar-refractivity contribution is 6.31. The van der Waals surface area contributed by atoms with E-state index in [1.165, 1.54) is 12.1 Å². The van der Waals surface area contributed by atoms with E-state index in [4.69, 9.17) is 21.1 Å². The molecule has 0 aliphatic carbocycles. The fourth-order valence-electron chi connectivity index (χ4n) is 4.06. The van der Waals surface area contributed by atoms with Crippen LogP contribution < -0.4 is 14.8 Å². The summed E-state index contributed by atoms with van der Waals surface area (Å²) < 4.78 is 50.7. The molecule has 1 saturated heterocycles. The quantitative estimate of drug-likeness (QED) is 0.579. The second kappa shape index (κ2) is 8.29. The molecule has 3 aromatic rings. The first-order valence-corrected chi connectivity index (χ1v) is 10.6. The summed E-state index contributed by atoms with van der Waals surface area (Å²) in [6.07, 6.45) is -3.08. The first kappa shape index (κ1) is 21.1. The van der Waals surface area contributed by atoms with Crippen LogP contribution in [0, 0.1) is 0 Å². The minimum Gasteiger partial charge on any atom is -0.454 e. The summed E-state index contributed by atoms with van der Waals surface area (Å²) in [4.78, 5) is 9.76. The Labute approximate surface area is 187 Å². The van der Waals surface area contributed by atoms with Gasteiger partial charge in [-0.25, -0.2) is 9.97 Å². The van der Waals surface area contributed by atoms with Crippen molar-refractivity contribution < 1.29 is 22.6 Å². The highest BCUT2D eigenvalue weighted by atomic mass is 35.5. The fraction of sp³-hybridized carbons (Fsp3) is 0.364. The molecule has 1 fully saturated rings. The summed E-state index contributed by atoms with van der Waals surface area (Å²) in [5.41, 5.74) is 1.34. The van der Waals surface area contributed by atoms with Crippen LogP contribution in [0.15, 0.2) is 36.4 Å². The summed E-state index contributed by atoms with van der Waals surface area (Å²) in [6.45, 7) is 2.63. The number of likely N-dealkylation sites (tertiary alicyclic amines) is 1. The Bertz CT molecular complexity index is 1150. The predicted octanol–water partition coefficient (Wildman–Crippen LogP) is 5.11. The van der Waals surface area contributed by atoms with Crippen LogP contribution in [0.2, 0.25) is 5.02 Å². The molecule has 0 radical (unpaired) electrons. The van der Waals surface area contributed by atoms with Gasteiger partial charge in [-0.1, -0.05) is 17.7 Å². The van der Waals surface area contributed by atoms with Crippen molar-refractivity contribution in [1.29, 1.82) is 0 Å². The molecule has 2 aliphatic heterocycles. The average Bonchev–Trinajstić information content (AvgIpc) is 3.22.